The van der Waals surface area contributed by atoms with Crippen LogP contribution in [0.1, 0.15) is 17.4 Å². The van der Waals surface area contributed by atoms with Gasteiger partial charge < -0.3 is 4.90 Å². The predicted octanol–water partition coefficient (Wildman–Crippen LogP) is 3.29. The van der Waals surface area contributed by atoms with E-state index in [2.05, 4.69) is 5.10 Å². The summed E-state index contributed by atoms with van der Waals surface area (Å²) in [5.41, 5.74) is 1.04. The molecule has 0 spiro atoms. The van der Waals surface area contributed by atoms with Crippen LogP contribution >= 0.6 is 11.8 Å². The number of hydrogen-bond donors (Lipinski definition) is 0. The van der Waals surface area contributed by atoms with Crippen molar-refractivity contribution in [1.29, 1.82) is 0 Å². The number of carbonyl (C=O) groups excluding carboxylic acids is 1. The molecule has 0 saturated carbocycles. The molecule has 2 heterocycles. The second-order valence-electron chi connectivity index (χ2n) is 5.12. The largest absolute Gasteiger partial charge is 0.302 e. The first-order valence-electron chi connectivity index (χ1n) is 6.93. The van der Waals surface area contributed by atoms with E-state index in [0.29, 0.717) is 0 Å². The maximum absolute atomic E-state index is 12.7. The monoisotopic (exact) mass is 323 g/mol. The zero-order valence-electron chi connectivity index (χ0n) is 11.9. The molecule has 1 aromatic carbocycles. The van der Waals surface area contributed by atoms with Gasteiger partial charge in [0, 0.05) is 22.9 Å². The average Bonchev–Trinajstić information content (AvgIpc) is 2.94. The summed E-state index contributed by atoms with van der Waals surface area (Å²) in [5, 5.41) is 3.97. The van der Waals surface area contributed by atoms with Crippen molar-refractivity contribution in [3.05, 3.63) is 42.2 Å². The van der Waals surface area contributed by atoms with Crippen LogP contribution in [0.2, 0.25) is 0 Å². The average molecular weight is 323 g/mol. The van der Waals surface area contributed by atoms with Crippen LogP contribution in [0.15, 0.2) is 41.4 Å². The molecule has 1 aromatic heterocycles. The first-order chi connectivity index (χ1) is 10.6. The number of hydrogen-bond acceptors (Lipinski definition) is 3. The number of carbonyl (C=O) groups is 1. The third-order valence-electron chi connectivity index (χ3n) is 3.45. The van der Waals surface area contributed by atoms with E-state index in [4.69, 9.17) is 0 Å². The van der Waals surface area contributed by atoms with Gasteiger partial charge in [0.25, 0.3) is 12.3 Å². The lowest BCUT2D eigenvalue weighted by molar-refractivity contribution is 0.0968. The SMILES string of the molecule is C[C@H]1CSc2ccccc2N1C(=O)c1ccn(CC(F)F)n1. The van der Waals surface area contributed by atoms with Crippen molar-refractivity contribution in [3.8, 4) is 0 Å². The number of fused-ring (bicyclic) bond motifs is 1. The molecule has 1 atom stereocenters. The summed E-state index contributed by atoms with van der Waals surface area (Å²) < 4.78 is 25.9. The minimum Gasteiger partial charge on any atom is -0.302 e. The van der Waals surface area contributed by atoms with Crippen LogP contribution in [0.4, 0.5) is 14.5 Å². The van der Waals surface area contributed by atoms with Crippen LogP contribution in [-0.2, 0) is 6.54 Å². The lowest BCUT2D eigenvalue weighted by Crippen LogP contribution is -2.42. The van der Waals surface area contributed by atoms with Crippen LogP contribution in [0.5, 0.6) is 0 Å². The van der Waals surface area contributed by atoms with Gasteiger partial charge in [-0.15, -0.1) is 11.8 Å². The van der Waals surface area contributed by atoms with Crippen LogP contribution in [0.25, 0.3) is 0 Å². The molecule has 1 aliphatic rings. The Labute approximate surface area is 131 Å². The lowest BCUT2D eigenvalue weighted by atomic mass is 10.2. The first-order valence-corrected chi connectivity index (χ1v) is 7.92. The maximum Gasteiger partial charge on any atom is 0.279 e. The molecule has 7 heteroatoms. The molecule has 0 aliphatic carbocycles. The van der Waals surface area contributed by atoms with Crippen molar-refractivity contribution in [1.82, 2.24) is 9.78 Å². The normalized spacial score (nSPS) is 17.6. The topological polar surface area (TPSA) is 38.1 Å². The molecule has 0 fully saturated rings. The van der Waals surface area contributed by atoms with E-state index in [1.165, 1.54) is 12.3 Å². The van der Waals surface area contributed by atoms with Crippen molar-refractivity contribution < 1.29 is 13.6 Å². The Balaban J connectivity index is 1.90. The Morgan fingerprint density at radius 3 is 2.95 bits per heavy atom. The van der Waals surface area contributed by atoms with E-state index < -0.39 is 13.0 Å². The Kier molecular flexibility index (Phi) is 4.15. The number of amides is 1. The van der Waals surface area contributed by atoms with Crippen molar-refractivity contribution in [3.63, 3.8) is 0 Å². The fourth-order valence-corrected chi connectivity index (χ4v) is 3.51. The molecule has 2 aromatic rings. The lowest BCUT2D eigenvalue weighted by Gasteiger charge is -2.34. The molecule has 4 nitrogen and oxygen atoms in total. The molecule has 1 aliphatic heterocycles. The second kappa shape index (κ2) is 6.08. The van der Waals surface area contributed by atoms with Gasteiger partial charge in [-0.2, -0.15) is 5.10 Å². The summed E-state index contributed by atoms with van der Waals surface area (Å²) in [5.74, 6) is 0.536. The fraction of sp³-hybridized carbons (Fsp3) is 0.333. The van der Waals surface area contributed by atoms with E-state index in [-0.39, 0.29) is 17.6 Å². The Hall–Kier alpha value is -1.89. The molecule has 116 valence electrons. The van der Waals surface area contributed by atoms with Gasteiger partial charge in [-0.1, -0.05) is 12.1 Å². The Bertz CT molecular complexity index is 689. The molecule has 0 unspecified atom stereocenters. The first kappa shape index (κ1) is 15.0. The van der Waals surface area contributed by atoms with Crippen LogP contribution in [0, 0.1) is 0 Å². The van der Waals surface area contributed by atoms with E-state index in [1.807, 2.05) is 31.2 Å². The summed E-state index contributed by atoms with van der Waals surface area (Å²) >= 11 is 1.71. The standard InChI is InChI=1S/C15H15F2N3OS/c1-10-9-22-13-5-3-2-4-12(13)20(10)15(21)11-6-7-19(18-11)8-14(16)17/h2-7,10,14H,8-9H2,1H3/t10-/m0/s1. The third kappa shape index (κ3) is 2.85. The minimum atomic E-state index is -2.49. The summed E-state index contributed by atoms with van der Waals surface area (Å²) in [6.45, 7) is 1.46. The fourth-order valence-electron chi connectivity index (χ4n) is 2.45. The summed E-state index contributed by atoms with van der Waals surface area (Å²) in [6.07, 6.45) is -1.08. The highest BCUT2D eigenvalue weighted by atomic mass is 32.2. The summed E-state index contributed by atoms with van der Waals surface area (Å²) in [6, 6.07) is 9.19. The van der Waals surface area contributed by atoms with Crippen molar-refractivity contribution >= 4 is 23.4 Å². The summed E-state index contributed by atoms with van der Waals surface area (Å²) in [7, 11) is 0. The smallest absolute Gasteiger partial charge is 0.279 e. The molecule has 22 heavy (non-hydrogen) atoms. The number of thioether (sulfide) groups is 1. The molecule has 0 N–H and O–H groups in total. The van der Waals surface area contributed by atoms with Gasteiger partial charge in [-0.05, 0) is 25.1 Å². The highest BCUT2D eigenvalue weighted by molar-refractivity contribution is 7.99. The number of anilines is 1. The van der Waals surface area contributed by atoms with Gasteiger partial charge in [-0.25, -0.2) is 8.78 Å². The number of alkyl halides is 2. The van der Waals surface area contributed by atoms with E-state index in [1.54, 1.807) is 16.7 Å². The van der Waals surface area contributed by atoms with Crippen LogP contribution in [0.3, 0.4) is 0 Å². The maximum atomic E-state index is 12.7. The van der Waals surface area contributed by atoms with Crippen molar-refractivity contribution in [2.75, 3.05) is 10.7 Å². The van der Waals surface area contributed by atoms with Gasteiger partial charge in [0.2, 0.25) is 0 Å². The quantitative estimate of drug-likeness (QED) is 0.870. The number of rotatable bonds is 3. The van der Waals surface area contributed by atoms with Gasteiger partial charge in [-0.3, -0.25) is 9.48 Å². The molecule has 3 rings (SSSR count). The zero-order valence-corrected chi connectivity index (χ0v) is 12.8. The number of benzene rings is 1. The van der Waals surface area contributed by atoms with E-state index in [9.17, 15) is 13.6 Å². The molecule has 0 bridgehead atoms. The minimum absolute atomic E-state index is 0.0210. The molecular weight excluding hydrogens is 308 g/mol. The predicted molar refractivity (Wildman–Crippen MR) is 81.7 cm³/mol. The number of nitrogens with zero attached hydrogens (tertiary/aromatic N) is 3. The Morgan fingerprint density at radius 1 is 1.41 bits per heavy atom. The number of aromatic nitrogens is 2. The molecular formula is C15H15F2N3OS. The second-order valence-corrected chi connectivity index (χ2v) is 6.18. The van der Waals surface area contributed by atoms with Crippen molar-refractivity contribution in [2.45, 2.75) is 30.8 Å². The molecule has 0 radical (unpaired) electrons. The zero-order chi connectivity index (χ0) is 15.7. The van der Waals surface area contributed by atoms with Crippen LogP contribution in [-0.4, -0.2) is 33.9 Å². The Morgan fingerprint density at radius 2 is 2.18 bits per heavy atom. The van der Waals surface area contributed by atoms with Gasteiger partial charge in [0.15, 0.2) is 5.69 Å². The van der Waals surface area contributed by atoms with Gasteiger partial charge in [0.1, 0.15) is 6.54 Å². The molecule has 0 saturated heterocycles. The molecule has 1 amide bonds. The van der Waals surface area contributed by atoms with Crippen molar-refractivity contribution in [2.24, 2.45) is 0 Å². The third-order valence-corrected chi connectivity index (χ3v) is 4.75. The highest BCUT2D eigenvalue weighted by Gasteiger charge is 2.30. The van der Waals surface area contributed by atoms with E-state index >= 15 is 0 Å². The summed E-state index contributed by atoms with van der Waals surface area (Å²) in [4.78, 5) is 15.5. The highest BCUT2D eigenvalue weighted by Crippen LogP contribution is 2.37. The number of halogens is 2. The van der Waals surface area contributed by atoms with Gasteiger partial charge in [0.05, 0.1) is 5.69 Å². The van der Waals surface area contributed by atoms with E-state index in [0.717, 1.165) is 21.0 Å². The van der Waals surface area contributed by atoms with Gasteiger partial charge >= 0.3 is 0 Å². The number of para-hydroxylation sites is 1. The van der Waals surface area contributed by atoms with Crippen LogP contribution < -0.4 is 4.90 Å².